The number of piperazine rings is 1. The number of aromatic nitrogens is 4. The Morgan fingerprint density at radius 3 is 2.52 bits per heavy atom. The van der Waals surface area contributed by atoms with E-state index in [2.05, 4.69) is 113 Å². The molecular formula is C25H34N6. The third kappa shape index (κ3) is 5.38. The second-order valence-corrected chi connectivity index (χ2v) is 9.43. The Morgan fingerprint density at radius 2 is 1.84 bits per heavy atom. The van der Waals surface area contributed by atoms with Gasteiger partial charge in [0, 0.05) is 38.6 Å². The van der Waals surface area contributed by atoms with E-state index in [9.17, 15) is 0 Å². The van der Waals surface area contributed by atoms with Gasteiger partial charge in [0.05, 0.1) is 11.6 Å². The highest BCUT2D eigenvalue weighted by atomic mass is 15.6. The largest absolute Gasteiger partial charge is 0.297 e. The molecule has 0 amide bonds. The molecule has 6 heteroatoms. The fraction of sp³-hybridized carbons (Fsp3) is 0.480. The monoisotopic (exact) mass is 418 g/mol. The standard InChI is InChI=1S/C25H34N6/c1-25(2,3)31-24(26-27-28-31)23(22-14-8-5-9-15-22)30-19-17-29(18-20-30)16-10-13-21-11-6-4-7-12-21/h4-14,22-23H,15-20H2,1-3H3/b13-10+/t22?,23-/m0/s1. The van der Waals surface area contributed by atoms with Gasteiger partial charge in [-0.3, -0.25) is 9.80 Å². The average Bonchev–Trinajstić information content (AvgIpc) is 3.27. The van der Waals surface area contributed by atoms with E-state index in [-0.39, 0.29) is 11.6 Å². The predicted molar refractivity (Wildman–Crippen MR) is 125 cm³/mol. The van der Waals surface area contributed by atoms with Crippen molar-refractivity contribution in [3.8, 4) is 0 Å². The highest BCUT2D eigenvalue weighted by Gasteiger charge is 2.36. The second kappa shape index (κ2) is 9.71. The van der Waals surface area contributed by atoms with Crippen molar-refractivity contribution < 1.29 is 0 Å². The third-order valence-corrected chi connectivity index (χ3v) is 6.09. The maximum absolute atomic E-state index is 4.51. The van der Waals surface area contributed by atoms with Gasteiger partial charge in [-0.15, -0.1) is 5.10 Å². The van der Waals surface area contributed by atoms with E-state index in [1.54, 1.807) is 0 Å². The maximum atomic E-state index is 4.51. The smallest absolute Gasteiger partial charge is 0.169 e. The van der Waals surface area contributed by atoms with Crippen LogP contribution in [0.25, 0.3) is 6.08 Å². The van der Waals surface area contributed by atoms with Gasteiger partial charge in [0.25, 0.3) is 0 Å². The zero-order valence-electron chi connectivity index (χ0n) is 18.9. The van der Waals surface area contributed by atoms with Gasteiger partial charge in [0.2, 0.25) is 0 Å². The molecule has 1 aliphatic heterocycles. The Labute approximate surface area is 185 Å². The van der Waals surface area contributed by atoms with E-state index in [0.29, 0.717) is 5.92 Å². The summed E-state index contributed by atoms with van der Waals surface area (Å²) < 4.78 is 2.01. The van der Waals surface area contributed by atoms with Crippen molar-refractivity contribution in [3.63, 3.8) is 0 Å². The highest BCUT2D eigenvalue weighted by molar-refractivity contribution is 5.48. The minimum absolute atomic E-state index is 0.143. The first-order valence-electron chi connectivity index (χ1n) is 11.3. The molecule has 1 aromatic carbocycles. The lowest BCUT2D eigenvalue weighted by Gasteiger charge is -2.41. The van der Waals surface area contributed by atoms with Crippen LogP contribution in [0.4, 0.5) is 0 Å². The molecule has 2 heterocycles. The molecule has 31 heavy (non-hydrogen) atoms. The molecule has 164 valence electrons. The lowest BCUT2D eigenvalue weighted by Crippen LogP contribution is -2.49. The number of nitrogens with zero attached hydrogens (tertiary/aromatic N) is 6. The maximum Gasteiger partial charge on any atom is 0.169 e. The van der Waals surface area contributed by atoms with Gasteiger partial charge in [-0.2, -0.15) is 0 Å². The first-order valence-corrected chi connectivity index (χ1v) is 11.3. The van der Waals surface area contributed by atoms with E-state index in [1.165, 1.54) is 5.56 Å². The lowest BCUT2D eigenvalue weighted by molar-refractivity contribution is 0.0745. The summed E-state index contributed by atoms with van der Waals surface area (Å²) in [6.45, 7) is 11.6. The van der Waals surface area contributed by atoms with Crippen molar-refractivity contribution in [1.82, 2.24) is 30.0 Å². The highest BCUT2D eigenvalue weighted by Crippen LogP contribution is 2.34. The van der Waals surface area contributed by atoms with Crippen molar-refractivity contribution in [1.29, 1.82) is 0 Å². The SMILES string of the molecule is CC(C)(C)n1nnnc1[C@H](C1C=CC=CC1)N1CCN(C/C=C/c2ccccc2)CC1. The van der Waals surface area contributed by atoms with Crippen LogP contribution in [0.15, 0.2) is 60.7 Å². The normalized spacial score (nSPS) is 21.7. The Bertz CT molecular complexity index is 913. The van der Waals surface area contributed by atoms with E-state index < -0.39 is 0 Å². The Morgan fingerprint density at radius 1 is 1.06 bits per heavy atom. The molecule has 2 aliphatic rings. The van der Waals surface area contributed by atoms with Gasteiger partial charge in [-0.25, -0.2) is 4.68 Å². The van der Waals surface area contributed by atoms with Crippen molar-refractivity contribution in [2.45, 2.75) is 38.8 Å². The number of hydrogen-bond donors (Lipinski definition) is 0. The van der Waals surface area contributed by atoms with E-state index >= 15 is 0 Å². The first kappa shape index (κ1) is 21.7. The summed E-state index contributed by atoms with van der Waals surface area (Å²) in [6.07, 6.45) is 14.4. The van der Waals surface area contributed by atoms with E-state index in [1.807, 2.05) is 4.68 Å². The summed E-state index contributed by atoms with van der Waals surface area (Å²) in [5.74, 6) is 1.37. The molecule has 4 rings (SSSR count). The van der Waals surface area contributed by atoms with Crippen LogP contribution in [-0.2, 0) is 5.54 Å². The van der Waals surface area contributed by atoms with Gasteiger partial charge >= 0.3 is 0 Å². The van der Waals surface area contributed by atoms with Crippen LogP contribution in [0.3, 0.4) is 0 Å². The molecule has 0 bridgehead atoms. The summed E-state index contributed by atoms with van der Waals surface area (Å²) in [5, 5.41) is 12.9. The molecule has 0 N–H and O–H groups in total. The van der Waals surface area contributed by atoms with E-state index in [0.717, 1.165) is 45.0 Å². The second-order valence-electron chi connectivity index (χ2n) is 9.43. The van der Waals surface area contributed by atoms with E-state index in [4.69, 9.17) is 0 Å². The zero-order valence-corrected chi connectivity index (χ0v) is 18.9. The predicted octanol–water partition coefficient (Wildman–Crippen LogP) is 3.93. The van der Waals surface area contributed by atoms with Crippen LogP contribution in [-0.4, -0.2) is 62.7 Å². The van der Waals surface area contributed by atoms with Crippen LogP contribution >= 0.6 is 0 Å². The van der Waals surface area contributed by atoms with Crippen molar-refractivity contribution in [2.75, 3.05) is 32.7 Å². The molecule has 1 aromatic heterocycles. The number of tetrazole rings is 1. The molecule has 2 atom stereocenters. The molecule has 1 aliphatic carbocycles. The van der Waals surface area contributed by atoms with Crippen LogP contribution in [0.1, 0.15) is 44.6 Å². The molecule has 1 saturated heterocycles. The quantitative estimate of drug-likeness (QED) is 0.711. The number of rotatable bonds is 6. The summed E-state index contributed by atoms with van der Waals surface area (Å²) in [6, 6.07) is 10.7. The minimum atomic E-state index is -0.143. The molecule has 0 spiro atoms. The van der Waals surface area contributed by atoms with Crippen molar-refractivity contribution in [2.24, 2.45) is 5.92 Å². The third-order valence-electron chi connectivity index (χ3n) is 6.09. The average molecular weight is 419 g/mol. The number of benzene rings is 1. The van der Waals surface area contributed by atoms with Crippen LogP contribution in [0, 0.1) is 5.92 Å². The van der Waals surface area contributed by atoms with Crippen LogP contribution in [0.5, 0.6) is 0 Å². The minimum Gasteiger partial charge on any atom is -0.297 e. The Kier molecular flexibility index (Phi) is 6.78. The molecule has 1 unspecified atom stereocenters. The van der Waals surface area contributed by atoms with Gasteiger partial charge in [0.1, 0.15) is 0 Å². The molecule has 1 fully saturated rings. The van der Waals surface area contributed by atoms with Crippen LogP contribution in [0.2, 0.25) is 0 Å². The first-order chi connectivity index (χ1) is 15.0. The molecule has 0 radical (unpaired) electrons. The summed E-state index contributed by atoms with van der Waals surface area (Å²) >= 11 is 0. The van der Waals surface area contributed by atoms with Gasteiger partial charge < -0.3 is 0 Å². The molecule has 6 nitrogen and oxygen atoms in total. The van der Waals surface area contributed by atoms with Gasteiger partial charge in [-0.05, 0) is 43.2 Å². The summed E-state index contributed by atoms with van der Waals surface area (Å²) in [7, 11) is 0. The zero-order chi connectivity index (χ0) is 21.7. The summed E-state index contributed by atoms with van der Waals surface area (Å²) in [4.78, 5) is 5.11. The number of hydrogen-bond acceptors (Lipinski definition) is 5. The molecule has 0 saturated carbocycles. The van der Waals surface area contributed by atoms with Gasteiger partial charge in [0.15, 0.2) is 5.82 Å². The molecule has 2 aromatic rings. The van der Waals surface area contributed by atoms with Crippen molar-refractivity contribution >= 4 is 6.08 Å². The lowest BCUT2D eigenvalue weighted by atomic mass is 9.90. The summed E-state index contributed by atoms with van der Waals surface area (Å²) in [5.41, 5.74) is 1.11. The molecular weight excluding hydrogens is 384 g/mol. The number of allylic oxidation sites excluding steroid dienone is 3. The topological polar surface area (TPSA) is 50.1 Å². The van der Waals surface area contributed by atoms with Crippen LogP contribution < -0.4 is 0 Å². The van der Waals surface area contributed by atoms with Gasteiger partial charge in [-0.1, -0.05) is 66.8 Å². The fourth-order valence-electron chi connectivity index (χ4n) is 4.44. The Balaban J connectivity index is 1.44. The van der Waals surface area contributed by atoms with Crippen molar-refractivity contribution in [3.05, 3.63) is 72.1 Å². The fourth-order valence-corrected chi connectivity index (χ4v) is 4.44. The Hall–Kier alpha value is -2.57.